The molecule has 2 amide bonds. The van der Waals surface area contributed by atoms with Crippen molar-refractivity contribution in [3.8, 4) is 5.75 Å². The number of anilines is 1. The molecule has 1 fully saturated rings. The lowest BCUT2D eigenvalue weighted by molar-refractivity contribution is -0.385. The number of ether oxygens (including phenoxy) is 1. The molecule has 202 valence electrons. The molecule has 6 rings (SSSR count). The maximum absolute atomic E-state index is 14.0. The minimum atomic E-state index is -0.926. The summed E-state index contributed by atoms with van der Waals surface area (Å²) < 4.78 is 6.93. The average Bonchev–Trinajstić information content (AvgIpc) is 3.43. The zero-order valence-electron chi connectivity index (χ0n) is 20.2. The molecule has 0 spiro atoms. The Morgan fingerprint density at radius 3 is 2.52 bits per heavy atom. The standard InChI is InChI=1S/C27H17BrClN3O6S2/c28-14-5-7-15(8-6-14)31-25(33)21-20(22-24(30-27(35)40-22)39-23(21)26(31)34)17-11-16(32(36)37)9-10-19(17)38-12-13-3-1-2-4-18(13)29/h1-11,20-21,23H,12H2,(H,30,35)/t20-,21+,23-/m1/s1. The highest BCUT2D eigenvalue weighted by atomic mass is 79.9. The van der Waals surface area contributed by atoms with Crippen molar-refractivity contribution >= 4 is 73.8 Å². The van der Waals surface area contributed by atoms with Crippen molar-refractivity contribution in [2.75, 3.05) is 4.90 Å². The van der Waals surface area contributed by atoms with Crippen LogP contribution in [0.4, 0.5) is 11.4 Å². The lowest BCUT2D eigenvalue weighted by atomic mass is 9.82. The van der Waals surface area contributed by atoms with Crippen LogP contribution in [-0.2, 0) is 16.2 Å². The summed E-state index contributed by atoms with van der Waals surface area (Å²) in [6, 6.07) is 18.1. The molecule has 0 radical (unpaired) electrons. The van der Waals surface area contributed by atoms with E-state index < -0.39 is 33.8 Å². The maximum atomic E-state index is 14.0. The largest absolute Gasteiger partial charge is 0.489 e. The highest BCUT2D eigenvalue weighted by Crippen LogP contribution is 2.55. The van der Waals surface area contributed by atoms with Gasteiger partial charge in [-0.25, -0.2) is 4.90 Å². The van der Waals surface area contributed by atoms with E-state index in [1.165, 1.54) is 18.2 Å². The van der Waals surface area contributed by atoms with Crippen LogP contribution in [0.2, 0.25) is 5.02 Å². The topological polar surface area (TPSA) is 123 Å². The molecule has 3 heterocycles. The zero-order valence-corrected chi connectivity index (χ0v) is 24.2. The number of carbonyl (C=O) groups is 2. The van der Waals surface area contributed by atoms with Crippen molar-refractivity contribution in [1.82, 2.24) is 4.98 Å². The van der Waals surface area contributed by atoms with Crippen LogP contribution < -0.4 is 14.5 Å². The quantitative estimate of drug-likeness (QED) is 0.150. The number of carbonyl (C=O) groups excluding carboxylic acids is 2. The van der Waals surface area contributed by atoms with E-state index in [9.17, 15) is 24.5 Å². The molecular formula is C27H17BrClN3O6S2. The minimum Gasteiger partial charge on any atom is -0.489 e. The number of rotatable bonds is 6. The van der Waals surface area contributed by atoms with E-state index in [0.29, 0.717) is 31.7 Å². The van der Waals surface area contributed by atoms with Gasteiger partial charge in [0, 0.05) is 43.6 Å². The third-order valence-electron chi connectivity index (χ3n) is 6.79. The number of H-pyrrole nitrogens is 1. The number of nitro groups is 1. The number of hydrogen-bond donors (Lipinski definition) is 1. The maximum Gasteiger partial charge on any atom is 0.305 e. The molecule has 40 heavy (non-hydrogen) atoms. The smallest absolute Gasteiger partial charge is 0.305 e. The Morgan fingerprint density at radius 2 is 1.80 bits per heavy atom. The first kappa shape index (κ1) is 26.8. The molecule has 1 aromatic heterocycles. The number of benzene rings is 3. The second-order valence-corrected chi connectivity index (χ2v) is 12.6. The number of imide groups is 1. The normalized spacial score (nSPS) is 19.9. The third kappa shape index (κ3) is 4.64. The van der Waals surface area contributed by atoms with Crippen molar-refractivity contribution < 1.29 is 19.2 Å². The van der Waals surface area contributed by atoms with E-state index >= 15 is 0 Å². The number of aromatic nitrogens is 1. The van der Waals surface area contributed by atoms with Crippen LogP contribution in [0.5, 0.6) is 5.75 Å². The predicted octanol–water partition coefficient (Wildman–Crippen LogP) is 6.14. The van der Waals surface area contributed by atoms with Gasteiger partial charge in [0.1, 0.15) is 17.6 Å². The van der Waals surface area contributed by atoms with Gasteiger partial charge in [0.15, 0.2) is 0 Å². The molecular weight excluding hydrogens is 642 g/mol. The SMILES string of the molecule is O=C1[C@H]2[C@@H](c3cc([N+](=O)[O-])ccc3OCc3ccccc3Cl)c3sc(=O)[nH]c3S[C@H]2C(=O)N1c1ccc(Br)cc1. The number of halogens is 2. The minimum absolute atomic E-state index is 0.0637. The van der Waals surface area contributed by atoms with Crippen LogP contribution >= 0.6 is 50.6 Å². The number of amides is 2. The number of nitrogens with zero attached hydrogens (tertiary/aromatic N) is 2. The molecule has 13 heteroatoms. The zero-order chi connectivity index (χ0) is 28.1. The van der Waals surface area contributed by atoms with Gasteiger partial charge in [-0.3, -0.25) is 24.5 Å². The number of nitrogens with one attached hydrogen (secondary N) is 1. The van der Waals surface area contributed by atoms with E-state index in [2.05, 4.69) is 20.9 Å². The third-order valence-corrected chi connectivity index (χ3v) is 10.1. The van der Waals surface area contributed by atoms with Gasteiger partial charge in [-0.15, -0.1) is 0 Å². The molecule has 1 N–H and O–H groups in total. The summed E-state index contributed by atoms with van der Waals surface area (Å²) in [6.07, 6.45) is 0. The molecule has 0 saturated carbocycles. The predicted molar refractivity (Wildman–Crippen MR) is 155 cm³/mol. The van der Waals surface area contributed by atoms with E-state index in [0.717, 1.165) is 32.5 Å². The Morgan fingerprint density at radius 1 is 1.05 bits per heavy atom. The first-order valence-corrected chi connectivity index (χ1v) is 14.8. The van der Waals surface area contributed by atoms with E-state index in [1.807, 2.05) is 6.07 Å². The molecule has 4 aromatic rings. The van der Waals surface area contributed by atoms with E-state index in [1.54, 1.807) is 42.5 Å². The Bertz CT molecular complexity index is 1740. The number of nitro benzene ring substituents is 1. The van der Waals surface area contributed by atoms with Gasteiger partial charge in [0.25, 0.3) is 5.69 Å². The fourth-order valence-corrected chi connectivity index (χ4v) is 7.95. The van der Waals surface area contributed by atoms with Crippen molar-refractivity contribution in [3.63, 3.8) is 0 Å². The Balaban J connectivity index is 1.48. The molecule has 2 aliphatic heterocycles. The van der Waals surface area contributed by atoms with Gasteiger partial charge in [-0.05, 0) is 36.4 Å². The average molecular weight is 659 g/mol. The molecule has 3 aromatic carbocycles. The van der Waals surface area contributed by atoms with Crippen LogP contribution in [0.1, 0.15) is 21.9 Å². The highest BCUT2D eigenvalue weighted by Gasteiger charge is 2.57. The molecule has 9 nitrogen and oxygen atoms in total. The van der Waals surface area contributed by atoms with Crippen LogP contribution in [0.15, 0.2) is 81.0 Å². The van der Waals surface area contributed by atoms with E-state index in [4.69, 9.17) is 16.3 Å². The van der Waals surface area contributed by atoms with Crippen LogP contribution in [0.25, 0.3) is 0 Å². The number of thiazole rings is 1. The summed E-state index contributed by atoms with van der Waals surface area (Å²) >= 11 is 11.7. The van der Waals surface area contributed by atoms with Gasteiger partial charge in [-0.1, -0.05) is 68.8 Å². The van der Waals surface area contributed by atoms with Crippen molar-refractivity contribution in [2.24, 2.45) is 5.92 Å². The van der Waals surface area contributed by atoms with Crippen molar-refractivity contribution in [1.29, 1.82) is 0 Å². The number of hydrogen-bond acceptors (Lipinski definition) is 8. The molecule has 2 aliphatic rings. The van der Waals surface area contributed by atoms with Gasteiger partial charge >= 0.3 is 4.87 Å². The first-order chi connectivity index (χ1) is 19.2. The van der Waals surface area contributed by atoms with Crippen molar-refractivity contribution in [3.05, 3.63) is 112 Å². The molecule has 0 aliphatic carbocycles. The Hall–Kier alpha value is -3.45. The lowest BCUT2D eigenvalue weighted by Crippen LogP contribution is -2.32. The van der Waals surface area contributed by atoms with Gasteiger partial charge in [0.2, 0.25) is 11.8 Å². The first-order valence-electron chi connectivity index (χ1n) is 11.9. The second kappa shape index (κ2) is 10.5. The summed E-state index contributed by atoms with van der Waals surface area (Å²) in [4.78, 5) is 55.5. The van der Waals surface area contributed by atoms with Crippen LogP contribution in [0, 0.1) is 16.0 Å². The Kier molecular flexibility index (Phi) is 7.03. The highest BCUT2D eigenvalue weighted by molar-refractivity contribution is 9.10. The van der Waals surface area contributed by atoms with E-state index in [-0.39, 0.29) is 22.9 Å². The molecule has 3 atom stereocenters. The summed E-state index contributed by atoms with van der Waals surface area (Å²) in [5.41, 5.74) is 1.25. The van der Waals surface area contributed by atoms with Gasteiger partial charge in [-0.2, -0.15) is 0 Å². The van der Waals surface area contributed by atoms with Crippen molar-refractivity contribution in [2.45, 2.75) is 22.8 Å². The molecule has 0 unspecified atom stereocenters. The second-order valence-electron chi connectivity index (χ2n) is 9.10. The monoisotopic (exact) mass is 657 g/mol. The summed E-state index contributed by atoms with van der Waals surface area (Å²) in [5, 5.41) is 11.9. The van der Waals surface area contributed by atoms with Gasteiger partial charge in [0.05, 0.1) is 21.6 Å². The summed E-state index contributed by atoms with van der Waals surface area (Å²) in [7, 11) is 0. The number of non-ortho nitro benzene ring substituents is 1. The fourth-order valence-electron chi connectivity index (χ4n) is 4.99. The number of thioether (sulfide) groups is 1. The van der Waals surface area contributed by atoms with Gasteiger partial charge < -0.3 is 9.72 Å². The van der Waals surface area contributed by atoms with Crippen LogP contribution in [-0.4, -0.2) is 27.0 Å². The lowest BCUT2D eigenvalue weighted by Gasteiger charge is -2.30. The number of aromatic amines is 1. The fraction of sp³-hybridized carbons (Fsp3) is 0.148. The van der Waals surface area contributed by atoms with Crippen LogP contribution in [0.3, 0.4) is 0 Å². The summed E-state index contributed by atoms with van der Waals surface area (Å²) in [6.45, 7) is 0.0637. The number of fused-ring (bicyclic) bond motifs is 2. The Labute approximate surface area is 248 Å². The summed E-state index contributed by atoms with van der Waals surface area (Å²) in [5.74, 6) is -2.36. The molecule has 1 saturated heterocycles. The molecule has 0 bridgehead atoms.